The molecule has 0 atom stereocenters. The second-order valence-electron chi connectivity index (χ2n) is 5.21. The first kappa shape index (κ1) is 15.0. The lowest BCUT2D eigenvalue weighted by Gasteiger charge is -2.08. The number of aliphatic hydroxyl groups is 1. The van der Waals surface area contributed by atoms with E-state index in [1.807, 2.05) is 25.1 Å². The third-order valence-electron chi connectivity index (χ3n) is 3.56. The molecule has 0 aliphatic carbocycles. The third kappa shape index (κ3) is 2.48. The molecule has 2 aromatic heterocycles. The molecule has 0 unspecified atom stereocenters. The lowest BCUT2D eigenvalue weighted by molar-refractivity contribution is 0.275. The summed E-state index contributed by atoms with van der Waals surface area (Å²) in [5, 5.41) is 15.4. The Morgan fingerprint density at radius 2 is 2.18 bits per heavy atom. The van der Waals surface area contributed by atoms with Crippen LogP contribution < -0.4 is 4.74 Å². The predicted octanol–water partition coefficient (Wildman–Crippen LogP) is 3.22. The quantitative estimate of drug-likeness (QED) is 0.785. The smallest absolute Gasteiger partial charge is 0.213 e. The lowest BCUT2D eigenvalue weighted by atomic mass is 10.1. The van der Waals surface area contributed by atoms with Crippen LogP contribution >= 0.6 is 11.3 Å². The van der Waals surface area contributed by atoms with E-state index in [9.17, 15) is 5.11 Å². The largest absolute Gasteiger partial charge is 0.496 e. The van der Waals surface area contributed by atoms with Gasteiger partial charge in [-0.15, -0.1) is 0 Å². The molecule has 0 amide bonds. The van der Waals surface area contributed by atoms with Gasteiger partial charge in [-0.1, -0.05) is 29.9 Å². The summed E-state index contributed by atoms with van der Waals surface area (Å²) in [7, 11) is 1.64. The van der Waals surface area contributed by atoms with E-state index in [2.05, 4.69) is 17.0 Å². The summed E-state index contributed by atoms with van der Waals surface area (Å²) in [5.41, 5.74) is 3.46. The molecule has 0 aliphatic heterocycles. The van der Waals surface area contributed by atoms with Crippen molar-refractivity contribution < 1.29 is 9.84 Å². The molecular formula is C16H19N3O2S. The van der Waals surface area contributed by atoms with Crippen LogP contribution in [0.1, 0.15) is 29.6 Å². The van der Waals surface area contributed by atoms with Crippen LogP contribution in [0.25, 0.3) is 16.2 Å². The highest BCUT2D eigenvalue weighted by Gasteiger charge is 2.19. The molecular weight excluding hydrogens is 298 g/mol. The molecule has 5 nitrogen and oxygen atoms in total. The van der Waals surface area contributed by atoms with Crippen LogP contribution in [0.4, 0.5) is 0 Å². The van der Waals surface area contributed by atoms with Gasteiger partial charge in [-0.2, -0.15) is 5.10 Å². The van der Waals surface area contributed by atoms with Crippen LogP contribution in [0.5, 0.6) is 5.75 Å². The highest BCUT2D eigenvalue weighted by molar-refractivity contribution is 7.16. The number of nitrogens with zero attached hydrogens (tertiary/aromatic N) is 3. The van der Waals surface area contributed by atoms with Gasteiger partial charge in [0.05, 0.1) is 19.4 Å². The number of ether oxygens (including phenoxy) is 1. The Bertz CT molecular complexity index is 807. The molecule has 6 heteroatoms. The molecule has 2 heterocycles. The first-order valence-corrected chi connectivity index (χ1v) is 8.12. The summed E-state index contributed by atoms with van der Waals surface area (Å²) in [6, 6.07) is 5.95. The van der Waals surface area contributed by atoms with E-state index >= 15 is 0 Å². The van der Waals surface area contributed by atoms with Crippen molar-refractivity contribution in [3.63, 3.8) is 0 Å². The van der Waals surface area contributed by atoms with Crippen molar-refractivity contribution in [2.24, 2.45) is 0 Å². The van der Waals surface area contributed by atoms with E-state index < -0.39 is 0 Å². The van der Waals surface area contributed by atoms with Gasteiger partial charge in [0, 0.05) is 12.0 Å². The molecule has 0 saturated carbocycles. The van der Waals surface area contributed by atoms with Gasteiger partial charge in [0.25, 0.3) is 0 Å². The van der Waals surface area contributed by atoms with Crippen molar-refractivity contribution in [2.75, 3.05) is 7.11 Å². The fourth-order valence-electron chi connectivity index (χ4n) is 2.51. The number of rotatable bonds is 5. The Kier molecular flexibility index (Phi) is 4.13. The number of imidazole rings is 1. The van der Waals surface area contributed by atoms with Crippen molar-refractivity contribution in [1.82, 2.24) is 14.6 Å². The van der Waals surface area contributed by atoms with Crippen LogP contribution in [0, 0.1) is 6.92 Å². The lowest BCUT2D eigenvalue weighted by Crippen LogP contribution is -1.98. The maximum atomic E-state index is 9.80. The topological polar surface area (TPSA) is 59.7 Å². The number of hydrogen-bond acceptors (Lipinski definition) is 5. The summed E-state index contributed by atoms with van der Waals surface area (Å²) in [5.74, 6) is 0.750. The van der Waals surface area contributed by atoms with Crippen LogP contribution in [-0.4, -0.2) is 26.8 Å². The second kappa shape index (κ2) is 6.06. The third-order valence-corrected chi connectivity index (χ3v) is 4.53. The molecule has 3 rings (SSSR count). The molecule has 0 bridgehead atoms. The van der Waals surface area contributed by atoms with Crippen LogP contribution in [-0.2, 0) is 13.0 Å². The van der Waals surface area contributed by atoms with Crippen LogP contribution in [0.3, 0.4) is 0 Å². The molecule has 116 valence electrons. The minimum absolute atomic E-state index is 0.108. The SMILES string of the molecule is CCCc1nn2c(CO)c(-c3cc(C)ccc3OC)nc2s1. The van der Waals surface area contributed by atoms with Gasteiger partial charge in [-0.25, -0.2) is 9.50 Å². The normalized spacial score (nSPS) is 11.3. The summed E-state index contributed by atoms with van der Waals surface area (Å²) in [6.07, 6.45) is 1.98. The molecule has 1 aromatic carbocycles. The predicted molar refractivity (Wildman–Crippen MR) is 87.5 cm³/mol. The van der Waals surface area contributed by atoms with Gasteiger partial charge in [0.2, 0.25) is 4.96 Å². The second-order valence-corrected chi connectivity index (χ2v) is 6.25. The highest BCUT2D eigenvalue weighted by atomic mass is 32.1. The van der Waals surface area contributed by atoms with E-state index in [0.717, 1.165) is 45.4 Å². The van der Waals surface area contributed by atoms with E-state index in [1.165, 1.54) is 0 Å². The fraction of sp³-hybridized carbons (Fsp3) is 0.375. The molecule has 0 fully saturated rings. The van der Waals surface area contributed by atoms with Gasteiger partial charge in [-0.05, 0) is 25.5 Å². The zero-order valence-corrected chi connectivity index (χ0v) is 13.8. The number of aromatic nitrogens is 3. The Labute approximate surface area is 133 Å². The van der Waals surface area contributed by atoms with Crippen molar-refractivity contribution in [2.45, 2.75) is 33.3 Å². The average molecular weight is 317 g/mol. The first-order chi connectivity index (χ1) is 10.7. The Balaban J connectivity index is 2.18. The number of methoxy groups -OCH3 is 1. The summed E-state index contributed by atoms with van der Waals surface area (Å²) >= 11 is 1.57. The number of hydrogen-bond donors (Lipinski definition) is 1. The molecule has 0 saturated heterocycles. The monoisotopic (exact) mass is 317 g/mol. The zero-order valence-electron chi connectivity index (χ0n) is 13.0. The molecule has 0 radical (unpaired) electrons. The maximum absolute atomic E-state index is 9.80. The van der Waals surface area contributed by atoms with Crippen molar-refractivity contribution in [3.8, 4) is 17.0 Å². The fourth-order valence-corrected chi connectivity index (χ4v) is 3.52. The van der Waals surface area contributed by atoms with Crippen molar-refractivity contribution in [3.05, 3.63) is 34.5 Å². The molecule has 0 spiro atoms. The minimum Gasteiger partial charge on any atom is -0.496 e. The van der Waals surface area contributed by atoms with Gasteiger partial charge < -0.3 is 9.84 Å². The number of aryl methyl sites for hydroxylation is 2. The van der Waals surface area contributed by atoms with Gasteiger partial charge >= 0.3 is 0 Å². The molecule has 0 aliphatic rings. The average Bonchev–Trinajstić information content (AvgIpc) is 3.04. The maximum Gasteiger partial charge on any atom is 0.213 e. The number of benzene rings is 1. The molecule has 1 N–H and O–H groups in total. The molecule has 3 aromatic rings. The van der Waals surface area contributed by atoms with E-state index in [0.29, 0.717) is 5.69 Å². The summed E-state index contributed by atoms with van der Waals surface area (Å²) in [6.45, 7) is 4.04. The van der Waals surface area contributed by atoms with Gasteiger partial charge in [0.1, 0.15) is 16.5 Å². The van der Waals surface area contributed by atoms with Crippen LogP contribution in [0.15, 0.2) is 18.2 Å². The number of fused-ring (bicyclic) bond motifs is 1. The Morgan fingerprint density at radius 3 is 2.86 bits per heavy atom. The van der Waals surface area contributed by atoms with E-state index in [-0.39, 0.29) is 6.61 Å². The van der Waals surface area contributed by atoms with Crippen LogP contribution in [0.2, 0.25) is 0 Å². The summed E-state index contributed by atoms with van der Waals surface area (Å²) < 4.78 is 7.20. The van der Waals surface area contributed by atoms with Gasteiger partial charge in [-0.3, -0.25) is 0 Å². The van der Waals surface area contributed by atoms with E-state index in [4.69, 9.17) is 4.74 Å². The number of aliphatic hydroxyl groups excluding tert-OH is 1. The van der Waals surface area contributed by atoms with Gasteiger partial charge in [0.15, 0.2) is 0 Å². The van der Waals surface area contributed by atoms with E-state index in [1.54, 1.807) is 23.0 Å². The Hall–Kier alpha value is -1.92. The summed E-state index contributed by atoms with van der Waals surface area (Å²) in [4.78, 5) is 5.50. The first-order valence-electron chi connectivity index (χ1n) is 7.31. The highest BCUT2D eigenvalue weighted by Crippen LogP contribution is 2.34. The van der Waals surface area contributed by atoms with Crippen molar-refractivity contribution >= 4 is 16.3 Å². The van der Waals surface area contributed by atoms with Crippen molar-refractivity contribution in [1.29, 1.82) is 0 Å². The molecule has 22 heavy (non-hydrogen) atoms. The Morgan fingerprint density at radius 1 is 1.36 bits per heavy atom. The minimum atomic E-state index is -0.108. The standard InChI is InChI=1S/C16H19N3O2S/c1-4-5-14-18-19-12(9-20)15(17-16(19)22-14)11-8-10(2)6-7-13(11)21-3/h6-8,20H,4-5,9H2,1-3H3. The zero-order chi connectivity index (χ0) is 15.7.